The van der Waals surface area contributed by atoms with Gasteiger partial charge in [0.25, 0.3) is 0 Å². The van der Waals surface area contributed by atoms with Crippen molar-refractivity contribution < 1.29 is 0 Å². The first kappa shape index (κ1) is 6.80. The van der Waals surface area contributed by atoms with Crippen LogP contribution < -0.4 is 5.14 Å². The number of hydrogen-bond acceptors (Lipinski definition) is 3. The van der Waals surface area contributed by atoms with Crippen LogP contribution in [0.3, 0.4) is 0 Å². The first-order valence-electron chi connectivity index (χ1n) is 2.10. The molecule has 0 atom stereocenters. The van der Waals surface area contributed by atoms with E-state index in [1.807, 2.05) is 6.07 Å². The molecule has 0 aliphatic rings. The Morgan fingerprint density at radius 2 is 2.43 bits per heavy atom. The van der Waals surface area contributed by atoms with E-state index in [1.165, 1.54) is 11.9 Å². The zero-order valence-corrected chi connectivity index (χ0v) is 4.87. The minimum Gasteiger partial charge on any atom is -0.278 e. The van der Waals surface area contributed by atoms with E-state index >= 15 is 0 Å². The van der Waals surface area contributed by atoms with Crippen molar-refractivity contribution in [2.24, 2.45) is 5.14 Å². The van der Waals surface area contributed by atoms with Gasteiger partial charge in [-0.2, -0.15) is 5.26 Å². The summed E-state index contributed by atoms with van der Waals surface area (Å²) in [5, 5.41) is 13.1. The van der Waals surface area contributed by atoms with Crippen molar-refractivity contribution >= 4 is 11.9 Å². The smallest absolute Gasteiger partial charge is 0.0622 e. The lowest BCUT2D eigenvalue weighted by Gasteiger charge is -1.84. The van der Waals surface area contributed by atoms with Gasteiger partial charge in [0.1, 0.15) is 0 Å². The Hall–Kier alpha value is -0.200. The Morgan fingerprint density at radius 3 is 2.86 bits per heavy atom. The molecule has 0 amide bonds. The van der Waals surface area contributed by atoms with E-state index < -0.39 is 0 Å². The molecule has 0 radical (unpaired) electrons. The Labute approximate surface area is 47.8 Å². The molecule has 0 aliphatic heterocycles. The highest BCUT2D eigenvalue weighted by molar-refractivity contribution is 7.97. The Balaban J connectivity index is 2.60. The topological polar surface area (TPSA) is 49.8 Å². The second-order valence-corrected chi connectivity index (χ2v) is 1.87. The van der Waals surface area contributed by atoms with Crippen LogP contribution in [0.1, 0.15) is 12.8 Å². The second kappa shape index (κ2) is 5.80. The summed E-state index contributed by atoms with van der Waals surface area (Å²) in [7, 11) is 0. The van der Waals surface area contributed by atoms with Crippen molar-refractivity contribution in [2.45, 2.75) is 12.8 Å². The molecule has 0 fully saturated rings. The lowest BCUT2D eigenvalue weighted by molar-refractivity contribution is 0.982. The van der Waals surface area contributed by atoms with E-state index in [4.69, 9.17) is 10.4 Å². The van der Waals surface area contributed by atoms with E-state index in [-0.39, 0.29) is 0 Å². The van der Waals surface area contributed by atoms with Crippen LogP contribution in [0.25, 0.3) is 0 Å². The number of hydrogen-bond donors (Lipinski definition) is 1. The van der Waals surface area contributed by atoms with Gasteiger partial charge in [0, 0.05) is 12.2 Å². The van der Waals surface area contributed by atoms with E-state index in [9.17, 15) is 0 Å². The van der Waals surface area contributed by atoms with E-state index in [1.54, 1.807) is 0 Å². The van der Waals surface area contributed by atoms with Crippen LogP contribution in [-0.4, -0.2) is 5.75 Å². The van der Waals surface area contributed by atoms with Crippen LogP contribution in [-0.2, 0) is 0 Å². The number of nitrogens with zero attached hydrogens (tertiary/aromatic N) is 1. The summed E-state index contributed by atoms with van der Waals surface area (Å²) in [6.45, 7) is 0. The summed E-state index contributed by atoms with van der Waals surface area (Å²) in [4.78, 5) is 0. The van der Waals surface area contributed by atoms with Crippen molar-refractivity contribution in [1.29, 1.82) is 5.26 Å². The largest absolute Gasteiger partial charge is 0.278 e. The normalized spacial score (nSPS) is 8.00. The molecule has 2 nitrogen and oxygen atoms in total. The van der Waals surface area contributed by atoms with Crippen LogP contribution in [0, 0.1) is 11.3 Å². The number of rotatable bonds is 3. The molecule has 0 saturated heterocycles. The summed E-state index contributed by atoms with van der Waals surface area (Å²) in [5.74, 6) is 0.896. The molecule has 40 valence electrons. The fourth-order valence-corrected chi connectivity index (χ4v) is 0.546. The van der Waals surface area contributed by atoms with Gasteiger partial charge in [-0.25, -0.2) is 0 Å². The van der Waals surface area contributed by atoms with Crippen LogP contribution in [0.15, 0.2) is 0 Å². The van der Waals surface area contributed by atoms with Crippen molar-refractivity contribution in [3.63, 3.8) is 0 Å². The summed E-state index contributed by atoms with van der Waals surface area (Å²) >= 11 is 1.29. The van der Waals surface area contributed by atoms with Gasteiger partial charge in [0.2, 0.25) is 0 Å². The lowest BCUT2D eigenvalue weighted by atomic mass is 10.4. The van der Waals surface area contributed by atoms with Gasteiger partial charge in [-0.1, -0.05) is 11.9 Å². The maximum atomic E-state index is 7.99. The molecule has 0 aromatic carbocycles. The van der Waals surface area contributed by atoms with Crippen molar-refractivity contribution in [3.8, 4) is 6.07 Å². The molecule has 0 spiro atoms. The van der Waals surface area contributed by atoms with Gasteiger partial charge in [0.05, 0.1) is 6.07 Å². The van der Waals surface area contributed by atoms with Gasteiger partial charge < -0.3 is 0 Å². The van der Waals surface area contributed by atoms with Gasteiger partial charge in [-0.05, 0) is 6.42 Å². The third-order valence-electron chi connectivity index (χ3n) is 0.551. The Morgan fingerprint density at radius 1 is 1.71 bits per heavy atom. The molecule has 0 aromatic rings. The fraction of sp³-hybridized carbons (Fsp3) is 0.750. The molecule has 0 saturated carbocycles. The highest BCUT2D eigenvalue weighted by Crippen LogP contribution is 1.92. The molecular weight excluding hydrogens is 108 g/mol. The molecule has 0 aliphatic carbocycles. The summed E-state index contributed by atoms with van der Waals surface area (Å²) < 4.78 is 0. The SMILES string of the molecule is N#CCCCSN. The van der Waals surface area contributed by atoms with E-state index in [2.05, 4.69) is 0 Å². The van der Waals surface area contributed by atoms with Crippen LogP contribution >= 0.6 is 11.9 Å². The maximum Gasteiger partial charge on any atom is 0.0622 e. The Kier molecular flexibility index (Phi) is 5.63. The predicted octanol–water partition coefficient (Wildman–Crippen LogP) is 0.897. The average molecular weight is 116 g/mol. The molecule has 0 heterocycles. The average Bonchev–Trinajstić information content (AvgIpc) is 1.69. The van der Waals surface area contributed by atoms with Gasteiger partial charge in [0.15, 0.2) is 0 Å². The molecule has 0 bridgehead atoms. The van der Waals surface area contributed by atoms with Gasteiger partial charge in [-0.15, -0.1) is 0 Å². The quantitative estimate of drug-likeness (QED) is 0.440. The fourth-order valence-electron chi connectivity index (χ4n) is 0.235. The van der Waals surface area contributed by atoms with Crippen molar-refractivity contribution in [2.75, 3.05) is 5.75 Å². The molecule has 0 rings (SSSR count). The number of nitriles is 1. The third-order valence-corrected chi connectivity index (χ3v) is 1.08. The Bertz CT molecular complexity index is 66.6. The van der Waals surface area contributed by atoms with Crippen LogP contribution in [0.2, 0.25) is 0 Å². The second-order valence-electron chi connectivity index (χ2n) is 1.13. The lowest BCUT2D eigenvalue weighted by Crippen LogP contribution is -1.82. The molecule has 2 N–H and O–H groups in total. The zero-order valence-electron chi connectivity index (χ0n) is 4.05. The molecule has 3 heteroatoms. The first-order valence-corrected chi connectivity index (χ1v) is 3.15. The summed E-state index contributed by atoms with van der Waals surface area (Å²) in [6, 6.07) is 2.03. The summed E-state index contributed by atoms with van der Waals surface area (Å²) in [5.41, 5.74) is 0. The maximum absolute atomic E-state index is 7.99. The van der Waals surface area contributed by atoms with Crippen LogP contribution in [0.4, 0.5) is 0 Å². The standard InChI is InChI=1S/C4H8N2S/c5-3-1-2-4-7-6/h1-2,4,6H2. The van der Waals surface area contributed by atoms with Gasteiger partial charge in [-0.3, -0.25) is 5.14 Å². The monoisotopic (exact) mass is 116 g/mol. The third kappa shape index (κ3) is 5.80. The number of unbranched alkanes of at least 4 members (excludes halogenated alkanes) is 1. The molecule has 0 aromatic heterocycles. The molecule has 7 heavy (non-hydrogen) atoms. The highest BCUT2D eigenvalue weighted by Gasteiger charge is 1.80. The minimum atomic E-state index is 0.629. The van der Waals surface area contributed by atoms with Crippen molar-refractivity contribution in [1.82, 2.24) is 0 Å². The minimum absolute atomic E-state index is 0.629. The van der Waals surface area contributed by atoms with Crippen LogP contribution in [0.5, 0.6) is 0 Å². The summed E-state index contributed by atoms with van der Waals surface area (Å²) in [6.07, 6.45) is 1.54. The van der Waals surface area contributed by atoms with E-state index in [0.29, 0.717) is 6.42 Å². The zero-order chi connectivity index (χ0) is 5.54. The highest BCUT2D eigenvalue weighted by atomic mass is 32.2. The van der Waals surface area contributed by atoms with Crippen molar-refractivity contribution in [3.05, 3.63) is 0 Å². The number of nitrogens with two attached hydrogens (primary N) is 1. The first-order chi connectivity index (χ1) is 3.41. The molecular formula is C4H8N2S. The van der Waals surface area contributed by atoms with Gasteiger partial charge >= 0.3 is 0 Å². The predicted molar refractivity (Wildman–Crippen MR) is 31.5 cm³/mol. The molecule has 0 unspecified atom stereocenters. The van der Waals surface area contributed by atoms with E-state index in [0.717, 1.165) is 12.2 Å².